The Labute approximate surface area is 126 Å². The van der Waals surface area contributed by atoms with Gasteiger partial charge in [-0.3, -0.25) is 4.98 Å². The number of hydrogen-bond acceptors (Lipinski definition) is 2. The molecule has 1 atom stereocenters. The van der Waals surface area contributed by atoms with Gasteiger partial charge < -0.3 is 5.11 Å². The molecule has 0 aliphatic carbocycles. The first-order valence-corrected chi connectivity index (χ1v) is 7.29. The molecule has 0 amide bonds. The Hall–Kier alpha value is -1.71. The summed E-state index contributed by atoms with van der Waals surface area (Å²) in [6, 6.07) is 17.8. The van der Waals surface area contributed by atoms with Gasteiger partial charge >= 0.3 is 0 Å². The average Bonchev–Trinajstić information content (AvgIpc) is 2.46. The van der Waals surface area contributed by atoms with E-state index in [0.29, 0.717) is 6.42 Å². The molecule has 0 fully saturated rings. The average molecular weight is 328 g/mol. The monoisotopic (exact) mass is 327 g/mol. The fourth-order valence-electron chi connectivity index (χ4n) is 2.41. The number of benzene rings is 2. The summed E-state index contributed by atoms with van der Waals surface area (Å²) in [5.41, 5.74) is 2.95. The van der Waals surface area contributed by atoms with Gasteiger partial charge in [0.1, 0.15) is 0 Å². The van der Waals surface area contributed by atoms with Crippen molar-refractivity contribution in [3.8, 4) is 0 Å². The van der Waals surface area contributed by atoms with Crippen LogP contribution in [0.2, 0.25) is 0 Å². The Bertz CT molecular complexity index is 736. The minimum Gasteiger partial charge on any atom is -0.388 e. The molecule has 3 heteroatoms. The van der Waals surface area contributed by atoms with Crippen molar-refractivity contribution in [3.05, 3.63) is 76.4 Å². The first-order chi connectivity index (χ1) is 9.74. The third-order valence-electron chi connectivity index (χ3n) is 3.36. The van der Waals surface area contributed by atoms with Crippen LogP contribution >= 0.6 is 15.9 Å². The maximum atomic E-state index is 10.5. The third-order valence-corrected chi connectivity index (χ3v) is 3.85. The van der Waals surface area contributed by atoms with E-state index in [1.54, 1.807) is 6.20 Å². The van der Waals surface area contributed by atoms with E-state index in [1.165, 1.54) is 0 Å². The minimum absolute atomic E-state index is 0.530. The molecule has 100 valence electrons. The normalized spacial score (nSPS) is 12.5. The molecule has 2 aromatic carbocycles. The predicted octanol–water partition coefficient (Wildman–Crippen LogP) is 4.27. The van der Waals surface area contributed by atoms with Gasteiger partial charge in [-0.1, -0.05) is 46.3 Å². The van der Waals surface area contributed by atoms with Gasteiger partial charge in [0.2, 0.25) is 0 Å². The summed E-state index contributed by atoms with van der Waals surface area (Å²) in [5, 5.41) is 11.5. The van der Waals surface area contributed by atoms with Gasteiger partial charge in [-0.05, 0) is 35.4 Å². The number of fused-ring (bicyclic) bond motifs is 1. The van der Waals surface area contributed by atoms with Crippen molar-refractivity contribution < 1.29 is 5.11 Å². The highest BCUT2D eigenvalue weighted by atomic mass is 79.9. The summed E-state index contributed by atoms with van der Waals surface area (Å²) in [6.45, 7) is 0. The molecule has 0 aliphatic heterocycles. The molecule has 1 N–H and O–H groups in total. The first kappa shape index (κ1) is 13.3. The number of aliphatic hydroxyl groups excluding tert-OH is 1. The second-order valence-electron chi connectivity index (χ2n) is 4.77. The van der Waals surface area contributed by atoms with Crippen molar-refractivity contribution in [1.82, 2.24) is 4.98 Å². The zero-order chi connectivity index (χ0) is 13.9. The van der Waals surface area contributed by atoms with E-state index in [-0.39, 0.29) is 0 Å². The van der Waals surface area contributed by atoms with Crippen LogP contribution in [0, 0.1) is 0 Å². The lowest BCUT2D eigenvalue weighted by Crippen LogP contribution is -2.03. The number of para-hydroxylation sites is 1. The fraction of sp³-hybridized carbons (Fsp3) is 0.118. The van der Waals surface area contributed by atoms with Gasteiger partial charge in [0.05, 0.1) is 11.6 Å². The van der Waals surface area contributed by atoms with Crippen molar-refractivity contribution >= 4 is 26.8 Å². The second-order valence-corrected chi connectivity index (χ2v) is 5.68. The van der Waals surface area contributed by atoms with Crippen molar-refractivity contribution in [2.45, 2.75) is 12.5 Å². The second kappa shape index (κ2) is 5.73. The van der Waals surface area contributed by atoms with Crippen molar-refractivity contribution in [3.63, 3.8) is 0 Å². The lowest BCUT2D eigenvalue weighted by atomic mass is 9.98. The maximum absolute atomic E-state index is 10.5. The fourth-order valence-corrected chi connectivity index (χ4v) is 2.85. The van der Waals surface area contributed by atoms with E-state index >= 15 is 0 Å². The number of rotatable bonds is 3. The molecule has 0 bridgehead atoms. The largest absolute Gasteiger partial charge is 0.388 e. The van der Waals surface area contributed by atoms with Crippen LogP contribution in [0.3, 0.4) is 0 Å². The minimum atomic E-state index is -0.530. The molecule has 1 heterocycles. The van der Waals surface area contributed by atoms with Crippen molar-refractivity contribution in [2.24, 2.45) is 0 Å². The highest BCUT2D eigenvalue weighted by Gasteiger charge is 2.12. The zero-order valence-corrected chi connectivity index (χ0v) is 12.4. The summed E-state index contributed by atoms with van der Waals surface area (Å²) in [5.74, 6) is 0. The molecule has 0 spiro atoms. The zero-order valence-electron chi connectivity index (χ0n) is 10.8. The topological polar surface area (TPSA) is 33.1 Å². The molecule has 20 heavy (non-hydrogen) atoms. The van der Waals surface area contributed by atoms with Crippen molar-refractivity contribution in [1.29, 1.82) is 0 Å². The summed E-state index contributed by atoms with van der Waals surface area (Å²) < 4.78 is 1.03. The van der Waals surface area contributed by atoms with Crippen LogP contribution in [0.4, 0.5) is 0 Å². The van der Waals surface area contributed by atoms with Crippen LogP contribution in [0.5, 0.6) is 0 Å². The van der Waals surface area contributed by atoms with Gasteiger partial charge in [-0.25, -0.2) is 0 Å². The van der Waals surface area contributed by atoms with E-state index in [9.17, 15) is 5.11 Å². The van der Waals surface area contributed by atoms with E-state index in [0.717, 1.165) is 26.5 Å². The van der Waals surface area contributed by atoms with Crippen LogP contribution in [0.15, 0.2) is 65.3 Å². The van der Waals surface area contributed by atoms with E-state index < -0.39 is 6.10 Å². The third kappa shape index (κ3) is 2.74. The van der Waals surface area contributed by atoms with Crippen LogP contribution < -0.4 is 0 Å². The molecule has 3 aromatic rings. The summed E-state index contributed by atoms with van der Waals surface area (Å²) in [4.78, 5) is 4.33. The predicted molar refractivity (Wildman–Crippen MR) is 84.5 cm³/mol. The number of nitrogens with zero attached hydrogens (tertiary/aromatic N) is 1. The van der Waals surface area contributed by atoms with E-state index in [4.69, 9.17) is 0 Å². The highest BCUT2D eigenvalue weighted by molar-refractivity contribution is 9.10. The Balaban J connectivity index is 1.94. The molecular weight excluding hydrogens is 314 g/mol. The molecule has 0 aliphatic rings. The Morgan fingerprint density at radius 3 is 2.75 bits per heavy atom. The molecule has 2 nitrogen and oxygen atoms in total. The molecule has 1 aromatic heterocycles. The van der Waals surface area contributed by atoms with Crippen LogP contribution in [0.1, 0.15) is 17.2 Å². The summed E-state index contributed by atoms with van der Waals surface area (Å²) >= 11 is 3.46. The summed E-state index contributed by atoms with van der Waals surface area (Å²) in [7, 11) is 0. The molecule has 0 saturated heterocycles. The maximum Gasteiger partial charge on any atom is 0.0837 e. The standard InChI is InChI=1S/C17H14BrNO/c18-13-5-3-4-12(10-13)11-17(20)15-8-9-19-16-7-2-1-6-14(15)16/h1-10,17,20H,11H2. The Morgan fingerprint density at radius 1 is 1.05 bits per heavy atom. The lowest BCUT2D eigenvalue weighted by Gasteiger charge is -2.13. The van der Waals surface area contributed by atoms with E-state index in [1.807, 2.05) is 54.6 Å². The highest BCUT2D eigenvalue weighted by Crippen LogP contribution is 2.26. The number of halogens is 1. The van der Waals surface area contributed by atoms with Crippen LogP contribution in [-0.4, -0.2) is 10.1 Å². The molecule has 3 rings (SSSR count). The van der Waals surface area contributed by atoms with Gasteiger partial charge in [0, 0.05) is 22.5 Å². The Kier molecular flexibility index (Phi) is 3.81. The number of aromatic nitrogens is 1. The lowest BCUT2D eigenvalue weighted by molar-refractivity contribution is 0.180. The van der Waals surface area contributed by atoms with E-state index in [2.05, 4.69) is 20.9 Å². The van der Waals surface area contributed by atoms with Gasteiger partial charge in [-0.2, -0.15) is 0 Å². The SMILES string of the molecule is OC(Cc1cccc(Br)c1)c1ccnc2ccccc12. The van der Waals surface area contributed by atoms with Crippen molar-refractivity contribution in [2.75, 3.05) is 0 Å². The van der Waals surface area contributed by atoms with Gasteiger partial charge in [-0.15, -0.1) is 0 Å². The number of hydrogen-bond donors (Lipinski definition) is 1. The summed E-state index contributed by atoms with van der Waals surface area (Å²) in [6.07, 6.45) is 1.81. The molecule has 0 saturated carbocycles. The smallest absolute Gasteiger partial charge is 0.0837 e. The van der Waals surface area contributed by atoms with Gasteiger partial charge in [0.15, 0.2) is 0 Å². The van der Waals surface area contributed by atoms with Crippen LogP contribution in [-0.2, 0) is 6.42 Å². The molecule has 1 unspecified atom stereocenters. The molecular formula is C17H14BrNO. The van der Waals surface area contributed by atoms with Crippen LogP contribution in [0.25, 0.3) is 10.9 Å². The van der Waals surface area contributed by atoms with Gasteiger partial charge in [0.25, 0.3) is 0 Å². The quantitative estimate of drug-likeness (QED) is 0.779. The Morgan fingerprint density at radius 2 is 1.90 bits per heavy atom. The first-order valence-electron chi connectivity index (χ1n) is 6.50. The number of aliphatic hydroxyl groups is 1. The number of pyridine rings is 1. The molecule has 0 radical (unpaired) electrons.